The van der Waals surface area contributed by atoms with Gasteiger partial charge < -0.3 is 15.7 Å². The van der Waals surface area contributed by atoms with E-state index >= 15 is 0 Å². The second-order valence-corrected chi connectivity index (χ2v) is 10.5. The molecule has 41 heavy (non-hydrogen) atoms. The SMILES string of the molecule is Cc1ccc(S(=O)(=O)O)cc1.Cc1ccccc1-c1ccc(-c2nc(-c3ccc(C(N)=O)c(F)c3)no2)cc1C.O. The summed E-state index contributed by atoms with van der Waals surface area (Å²) in [6.45, 7) is 5.95. The highest BCUT2D eigenvalue weighted by molar-refractivity contribution is 7.85. The third-order valence-electron chi connectivity index (χ3n) is 6.15. The van der Waals surface area contributed by atoms with Gasteiger partial charge in [0.25, 0.3) is 21.9 Å². The zero-order valence-electron chi connectivity index (χ0n) is 22.4. The van der Waals surface area contributed by atoms with Crippen molar-refractivity contribution in [1.29, 1.82) is 0 Å². The van der Waals surface area contributed by atoms with Crippen LogP contribution in [-0.4, -0.2) is 34.5 Å². The molecule has 0 fully saturated rings. The normalized spacial score (nSPS) is 10.8. The van der Waals surface area contributed by atoms with Crippen LogP contribution in [0, 0.1) is 26.6 Å². The fourth-order valence-electron chi connectivity index (χ4n) is 4.00. The third-order valence-corrected chi connectivity index (χ3v) is 7.01. The fourth-order valence-corrected chi connectivity index (χ4v) is 4.48. The van der Waals surface area contributed by atoms with E-state index in [0.717, 1.165) is 22.3 Å². The molecule has 0 saturated heterocycles. The van der Waals surface area contributed by atoms with Crippen LogP contribution in [-0.2, 0) is 10.1 Å². The van der Waals surface area contributed by atoms with Crippen molar-refractivity contribution < 1.29 is 32.2 Å². The Morgan fingerprint density at radius 3 is 2.07 bits per heavy atom. The number of hydrogen-bond donors (Lipinski definition) is 2. The molecule has 0 bridgehead atoms. The predicted octanol–water partition coefficient (Wildman–Crippen LogP) is 5.34. The van der Waals surface area contributed by atoms with E-state index < -0.39 is 21.8 Å². The van der Waals surface area contributed by atoms with E-state index in [1.54, 1.807) is 12.1 Å². The first-order valence-electron chi connectivity index (χ1n) is 12.1. The average Bonchev–Trinajstić information content (AvgIpc) is 3.40. The van der Waals surface area contributed by atoms with Crippen molar-refractivity contribution in [2.75, 3.05) is 0 Å². The highest BCUT2D eigenvalue weighted by atomic mass is 32.2. The maximum atomic E-state index is 14.0. The molecule has 0 aliphatic rings. The van der Waals surface area contributed by atoms with Gasteiger partial charge >= 0.3 is 0 Å². The summed E-state index contributed by atoms with van der Waals surface area (Å²) < 4.78 is 48.9. The highest BCUT2D eigenvalue weighted by Crippen LogP contribution is 2.31. The molecular formula is C30H28FN3O6S. The number of primary amides is 1. The Labute approximate surface area is 236 Å². The van der Waals surface area contributed by atoms with Crippen molar-refractivity contribution in [2.24, 2.45) is 5.73 Å². The smallest absolute Gasteiger partial charge is 0.294 e. The minimum Gasteiger partial charge on any atom is -0.412 e. The number of rotatable bonds is 5. The number of benzene rings is 4. The number of nitrogens with zero attached hydrogens (tertiary/aromatic N) is 2. The van der Waals surface area contributed by atoms with Crippen LogP contribution in [0.5, 0.6) is 0 Å². The number of aromatic nitrogens is 2. The van der Waals surface area contributed by atoms with Crippen LogP contribution in [0.2, 0.25) is 0 Å². The number of aryl methyl sites for hydroxylation is 3. The summed E-state index contributed by atoms with van der Waals surface area (Å²) in [4.78, 5) is 15.5. The van der Waals surface area contributed by atoms with Crippen molar-refractivity contribution in [2.45, 2.75) is 25.7 Å². The van der Waals surface area contributed by atoms with Gasteiger partial charge in [0.05, 0.1) is 10.5 Å². The van der Waals surface area contributed by atoms with Crippen molar-refractivity contribution in [3.63, 3.8) is 0 Å². The van der Waals surface area contributed by atoms with Gasteiger partial charge in [-0.05, 0) is 79.4 Å². The number of nitrogens with two attached hydrogens (primary N) is 1. The first-order chi connectivity index (χ1) is 18.9. The lowest BCUT2D eigenvalue weighted by Gasteiger charge is -2.10. The van der Waals surface area contributed by atoms with Crippen molar-refractivity contribution in [3.05, 3.63) is 113 Å². The van der Waals surface area contributed by atoms with Crippen LogP contribution in [0.25, 0.3) is 34.0 Å². The lowest BCUT2D eigenvalue weighted by Crippen LogP contribution is -2.12. The predicted molar refractivity (Wildman–Crippen MR) is 153 cm³/mol. The molecule has 0 spiro atoms. The van der Waals surface area contributed by atoms with E-state index in [4.69, 9.17) is 14.8 Å². The molecule has 0 atom stereocenters. The summed E-state index contributed by atoms with van der Waals surface area (Å²) in [6, 6.07) is 24.1. The van der Waals surface area contributed by atoms with Gasteiger partial charge in [0.2, 0.25) is 5.82 Å². The number of carbonyl (C=O) groups is 1. The average molecular weight is 578 g/mol. The number of amides is 1. The van der Waals surface area contributed by atoms with Gasteiger partial charge in [0, 0.05) is 11.1 Å². The molecule has 5 N–H and O–H groups in total. The van der Waals surface area contributed by atoms with Crippen molar-refractivity contribution in [1.82, 2.24) is 10.1 Å². The van der Waals surface area contributed by atoms with Crippen molar-refractivity contribution >= 4 is 16.0 Å². The molecule has 4 aromatic carbocycles. The summed E-state index contributed by atoms with van der Waals surface area (Å²) in [5.74, 6) is -0.985. The van der Waals surface area contributed by atoms with Crippen LogP contribution in [0.3, 0.4) is 0 Å². The van der Waals surface area contributed by atoms with Gasteiger partial charge in [-0.2, -0.15) is 13.4 Å². The maximum absolute atomic E-state index is 14.0. The first kappa shape index (κ1) is 30.8. The molecule has 1 aromatic heterocycles. The Bertz CT molecular complexity index is 1800. The van der Waals surface area contributed by atoms with Crippen LogP contribution in [0.1, 0.15) is 27.0 Å². The number of halogens is 1. The van der Waals surface area contributed by atoms with Crippen molar-refractivity contribution in [3.8, 4) is 34.0 Å². The molecule has 0 aliphatic heterocycles. The summed E-state index contributed by atoms with van der Waals surface area (Å²) >= 11 is 0. The second-order valence-electron chi connectivity index (χ2n) is 9.11. The number of hydrogen-bond acceptors (Lipinski definition) is 6. The topological polar surface area (TPSA) is 168 Å². The number of carbonyl (C=O) groups excluding carboxylic acids is 1. The van der Waals surface area contributed by atoms with Gasteiger partial charge in [0.15, 0.2) is 0 Å². The van der Waals surface area contributed by atoms with Gasteiger partial charge in [-0.25, -0.2) is 4.39 Å². The quantitative estimate of drug-likeness (QED) is 0.266. The van der Waals surface area contributed by atoms with E-state index in [1.807, 2.05) is 44.2 Å². The van der Waals surface area contributed by atoms with Crippen LogP contribution >= 0.6 is 0 Å². The zero-order chi connectivity index (χ0) is 29.0. The molecule has 0 unspecified atom stereocenters. The fraction of sp³-hybridized carbons (Fsp3) is 0.100. The summed E-state index contributed by atoms with van der Waals surface area (Å²) in [7, 11) is -4.02. The summed E-state index contributed by atoms with van der Waals surface area (Å²) in [5.41, 5.74) is 11.7. The molecule has 5 aromatic rings. The van der Waals surface area contributed by atoms with Crippen LogP contribution < -0.4 is 5.73 Å². The molecule has 1 heterocycles. The van der Waals surface area contributed by atoms with Crippen LogP contribution in [0.4, 0.5) is 4.39 Å². The molecule has 1 amide bonds. The lowest BCUT2D eigenvalue weighted by atomic mass is 9.95. The first-order valence-corrected chi connectivity index (χ1v) is 13.5. The summed E-state index contributed by atoms with van der Waals surface area (Å²) in [6.07, 6.45) is 0. The minimum atomic E-state index is -4.02. The van der Waals surface area contributed by atoms with Gasteiger partial charge in [-0.3, -0.25) is 9.35 Å². The lowest BCUT2D eigenvalue weighted by molar-refractivity contribution is 0.0996. The van der Waals surface area contributed by atoms with E-state index in [-0.39, 0.29) is 21.8 Å². The van der Waals surface area contributed by atoms with E-state index in [9.17, 15) is 17.6 Å². The van der Waals surface area contributed by atoms with Gasteiger partial charge in [0.1, 0.15) is 5.82 Å². The molecule has 0 aliphatic carbocycles. The minimum absolute atomic E-state index is 0. The second kappa shape index (κ2) is 12.6. The van der Waals surface area contributed by atoms with Gasteiger partial charge in [-0.1, -0.05) is 59.3 Å². The van der Waals surface area contributed by atoms with Crippen LogP contribution in [0.15, 0.2) is 94.3 Å². The molecule has 212 valence electrons. The van der Waals surface area contributed by atoms with E-state index in [2.05, 4.69) is 29.2 Å². The molecular weight excluding hydrogens is 549 g/mol. The zero-order valence-corrected chi connectivity index (χ0v) is 23.2. The van der Waals surface area contributed by atoms with Gasteiger partial charge in [-0.15, -0.1) is 0 Å². The highest BCUT2D eigenvalue weighted by Gasteiger charge is 2.15. The van der Waals surface area contributed by atoms with E-state index in [0.29, 0.717) is 11.5 Å². The standard InChI is InChI=1S/C23H18FN3O2.C7H8O3S.H2O/c1-13-5-3-4-6-17(13)18-9-8-16(11-14(18)2)23-26-22(27-29-23)15-7-10-19(21(25)28)20(24)12-15;1-6-2-4-7(5-3-6)11(8,9)10;/h3-12H,1-2H3,(H2,25,28);2-5H,1H3,(H,8,9,10);1H2. The monoisotopic (exact) mass is 577 g/mol. The Hall–Kier alpha value is -4.71. The third kappa shape index (κ3) is 7.28. The maximum Gasteiger partial charge on any atom is 0.294 e. The molecule has 11 heteroatoms. The Kier molecular flexibility index (Phi) is 9.51. The molecule has 0 radical (unpaired) electrons. The Balaban J connectivity index is 0.000000326. The Morgan fingerprint density at radius 1 is 0.854 bits per heavy atom. The molecule has 9 nitrogen and oxygen atoms in total. The summed E-state index contributed by atoms with van der Waals surface area (Å²) in [5, 5.41) is 3.93. The Morgan fingerprint density at radius 2 is 1.49 bits per heavy atom. The largest absolute Gasteiger partial charge is 0.412 e. The molecule has 5 rings (SSSR count). The van der Waals surface area contributed by atoms with E-state index in [1.165, 1.54) is 41.5 Å². The molecule has 0 saturated carbocycles.